The molecule has 0 heterocycles. The van der Waals surface area contributed by atoms with Crippen molar-refractivity contribution < 1.29 is 0 Å². The normalized spacial score (nSPS) is 21.8. The molecule has 0 fully saturated rings. The van der Waals surface area contributed by atoms with Crippen LogP contribution in [0.25, 0.3) is 33.0 Å². The summed E-state index contributed by atoms with van der Waals surface area (Å²) in [6, 6.07) is 27.0. The maximum atomic E-state index is 2.85. The minimum absolute atomic E-state index is 0.0444. The minimum Gasteiger partial charge on any atom is -0.0654 e. The van der Waals surface area contributed by atoms with Crippen LogP contribution in [0, 0.1) is 29.6 Å². The van der Waals surface area contributed by atoms with Crippen LogP contribution in [0.4, 0.5) is 0 Å². The third kappa shape index (κ3) is 4.92. The number of hydrogen-bond donors (Lipinski definition) is 0. The number of allylic oxidation sites excluding steroid dienone is 6. The fourth-order valence-electron chi connectivity index (χ4n) is 12.4. The smallest absolute Gasteiger partial charge is 0.0474 e. The Balaban J connectivity index is 1.51. The Morgan fingerprint density at radius 3 is 1.94 bits per heavy atom. The van der Waals surface area contributed by atoms with Gasteiger partial charge in [0.25, 0.3) is 0 Å². The Bertz CT molecular complexity index is 2220. The Labute approximate surface area is 321 Å². The van der Waals surface area contributed by atoms with Crippen LogP contribution in [0.2, 0.25) is 0 Å². The first kappa shape index (κ1) is 36.3. The predicted octanol–water partition coefficient (Wildman–Crippen LogP) is 14.8. The molecule has 276 valence electrons. The predicted molar refractivity (Wildman–Crippen MR) is 231 cm³/mol. The van der Waals surface area contributed by atoms with E-state index in [-0.39, 0.29) is 16.2 Å². The number of rotatable bonds is 9. The molecule has 1 spiro atoms. The largest absolute Gasteiger partial charge is 0.0654 e. The Kier molecular flexibility index (Phi) is 8.72. The van der Waals surface area contributed by atoms with E-state index in [4.69, 9.17) is 0 Å². The highest BCUT2D eigenvalue weighted by molar-refractivity contribution is 6.12. The second kappa shape index (κ2) is 12.7. The van der Waals surface area contributed by atoms with Gasteiger partial charge in [-0.1, -0.05) is 168 Å². The summed E-state index contributed by atoms with van der Waals surface area (Å²) in [6.07, 6.45) is 11.4. The molecular weight excluding hydrogens is 637 g/mol. The second-order valence-corrected chi connectivity index (χ2v) is 19.0. The van der Waals surface area contributed by atoms with Crippen molar-refractivity contribution >= 4 is 21.9 Å². The van der Waals surface area contributed by atoms with Crippen LogP contribution in [0.5, 0.6) is 0 Å². The molecular formula is C53H64. The SMILES string of the molecule is CCC(CC)C1=CC2(c3ccc4c(c3-c3ccc5cc(CC(C)C)ccc5c32)C(C)(C)C2=C4C(C)(C)c3ccccc32)C(C(C)C)C(C(CC)CC)=C1. The summed E-state index contributed by atoms with van der Waals surface area (Å²) in [5, 5.41) is 2.86. The van der Waals surface area contributed by atoms with Crippen LogP contribution in [0.1, 0.15) is 148 Å². The molecule has 0 amide bonds. The fourth-order valence-corrected chi connectivity index (χ4v) is 12.4. The van der Waals surface area contributed by atoms with Crippen molar-refractivity contribution in [1.82, 2.24) is 0 Å². The van der Waals surface area contributed by atoms with Gasteiger partial charge in [-0.3, -0.25) is 0 Å². The highest BCUT2D eigenvalue weighted by Gasteiger charge is 2.57. The molecule has 0 aromatic heterocycles. The number of fused-ring (bicyclic) bond motifs is 12. The first-order chi connectivity index (χ1) is 25.3. The molecule has 8 rings (SSSR count). The zero-order valence-corrected chi connectivity index (χ0v) is 34.9. The maximum Gasteiger partial charge on any atom is 0.0474 e. The lowest BCUT2D eigenvalue weighted by Gasteiger charge is -2.47. The molecule has 0 N–H and O–H groups in total. The van der Waals surface area contributed by atoms with Crippen LogP contribution in [-0.2, 0) is 22.7 Å². The molecule has 4 aromatic rings. The summed E-state index contributed by atoms with van der Waals surface area (Å²) in [5.74, 6) is 2.62. The fraction of sp³-hybridized carbons (Fsp3) is 0.472. The summed E-state index contributed by atoms with van der Waals surface area (Å²) < 4.78 is 0. The van der Waals surface area contributed by atoms with E-state index in [1.807, 2.05) is 0 Å². The molecule has 2 atom stereocenters. The van der Waals surface area contributed by atoms with E-state index in [0.29, 0.717) is 29.6 Å². The first-order valence-corrected chi connectivity index (χ1v) is 21.3. The van der Waals surface area contributed by atoms with Crippen molar-refractivity contribution in [2.24, 2.45) is 29.6 Å². The summed E-state index contributed by atoms with van der Waals surface area (Å²) in [7, 11) is 0. The van der Waals surface area contributed by atoms with Crippen LogP contribution in [0.15, 0.2) is 90.0 Å². The van der Waals surface area contributed by atoms with E-state index in [0.717, 1.165) is 6.42 Å². The molecule has 0 radical (unpaired) electrons. The van der Waals surface area contributed by atoms with E-state index in [1.54, 1.807) is 39.0 Å². The Morgan fingerprint density at radius 2 is 1.28 bits per heavy atom. The van der Waals surface area contributed by atoms with Crippen LogP contribution in [-0.4, -0.2) is 0 Å². The van der Waals surface area contributed by atoms with Gasteiger partial charge in [0.05, 0.1) is 0 Å². The quantitative estimate of drug-likeness (QED) is 0.163. The Hall–Kier alpha value is -3.64. The van der Waals surface area contributed by atoms with Crippen molar-refractivity contribution in [1.29, 1.82) is 0 Å². The molecule has 53 heavy (non-hydrogen) atoms. The second-order valence-electron chi connectivity index (χ2n) is 19.0. The number of hydrogen-bond acceptors (Lipinski definition) is 0. The van der Waals surface area contributed by atoms with Crippen molar-refractivity contribution in [3.63, 3.8) is 0 Å². The van der Waals surface area contributed by atoms with E-state index < -0.39 is 0 Å². The first-order valence-electron chi connectivity index (χ1n) is 21.3. The molecule has 0 saturated heterocycles. The van der Waals surface area contributed by atoms with Crippen LogP contribution >= 0.6 is 0 Å². The lowest BCUT2D eigenvalue weighted by atomic mass is 9.55. The van der Waals surface area contributed by atoms with E-state index in [1.165, 1.54) is 69.8 Å². The molecule has 2 unspecified atom stereocenters. The van der Waals surface area contributed by atoms with Crippen molar-refractivity contribution in [3.8, 4) is 11.1 Å². The van der Waals surface area contributed by atoms with Crippen molar-refractivity contribution in [3.05, 3.63) is 129 Å². The lowest BCUT2D eigenvalue weighted by molar-refractivity contribution is 0.298. The molecule has 4 aliphatic rings. The van der Waals surface area contributed by atoms with Gasteiger partial charge in [0.1, 0.15) is 0 Å². The van der Waals surface area contributed by atoms with Gasteiger partial charge >= 0.3 is 0 Å². The molecule has 0 nitrogen and oxygen atoms in total. The number of benzene rings is 4. The molecule has 4 aromatic carbocycles. The Morgan fingerprint density at radius 1 is 0.623 bits per heavy atom. The molecule has 4 aliphatic carbocycles. The van der Waals surface area contributed by atoms with E-state index in [2.05, 4.69) is 162 Å². The summed E-state index contributed by atoms with van der Waals surface area (Å²) >= 11 is 0. The third-order valence-electron chi connectivity index (χ3n) is 14.5. The standard InChI is InChI=1S/C53H64/c1-13-34(14-2)37-29-42(35(15-3)16-4)46(32(7)8)53(30-37)44-26-25-41-48(52(11,12)49-39-19-17-18-20-43(39)51(9,10)50(41)49)45(44)40-24-22-36-28-33(27-31(5)6)21-23-38(36)47(40)53/h17-26,28-32,34-35,46H,13-16,27H2,1-12H3. The minimum atomic E-state index is -0.242. The summed E-state index contributed by atoms with van der Waals surface area (Å²) in [4.78, 5) is 0. The highest BCUT2D eigenvalue weighted by Crippen LogP contribution is 2.69. The average molecular weight is 701 g/mol. The van der Waals surface area contributed by atoms with Gasteiger partial charge in [-0.05, 0) is 133 Å². The zero-order chi connectivity index (χ0) is 37.8. The van der Waals surface area contributed by atoms with Crippen LogP contribution < -0.4 is 0 Å². The average Bonchev–Trinajstić information content (AvgIpc) is 3.64. The van der Waals surface area contributed by atoms with Gasteiger partial charge in [-0.2, -0.15) is 0 Å². The molecule has 0 bridgehead atoms. The van der Waals surface area contributed by atoms with Gasteiger partial charge in [-0.15, -0.1) is 0 Å². The summed E-state index contributed by atoms with van der Waals surface area (Å²) in [6.45, 7) is 29.4. The zero-order valence-electron chi connectivity index (χ0n) is 34.9. The van der Waals surface area contributed by atoms with Gasteiger partial charge in [-0.25, -0.2) is 0 Å². The van der Waals surface area contributed by atoms with Crippen molar-refractivity contribution in [2.45, 2.75) is 131 Å². The van der Waals surface area contributed by atoms with E-state index in [9.17, 15) is 0 Å². The van der Waals surface area contributed by atoms with E-state index >= 15 is 0 Å². The topological polar surface area (TPSA) is 0 Å². The highest BCUT2D eigenvalue weighted by atomic mass is 14.6. The van der Waals surface area contributed by atoms with Gasteiger partial charge in [0.2, 0.25) is 0 Å². The van der Waals surface area contributed by atoms with Crippen LogP contribution in [0.3, 0.4) is 0 Å². The lowest BCUT2D eigenvalue weighted by Crippen LogP contribution is -2.42. The summed E-state index contributed by atoms with van der Waals surface area (Å²) in [5.41, 5.74) is 19.6. The van der Waals surface area contributed by atoms with Gasteiger partial charge < -0.3 is 0 Å². The molecule has 0 heteroatoms. The van der Waals surface area contributed by atoms with Gasteiger partial charge in [0, 0.05) is 22.2 Å². The third-order valence-corrected chi connectivity index (χ3v) is 14.5. The maximum absolute atomic E-state index is 2.85. The van der Waals surface area contributed by atoms with Gasteiger partial charge in [0.15, 0.2) is 0 Å². The van der Waals surface area contributed by atoms with Crippen molar-refractivity contribution in [2.75, 3.05) is 0 Å². The monoisotopic (exact) mass is 701 g/mol. The molecule has 0 saturated carbocycles. The molecule has 0 aliphatic heterocycles.